The topological polar surface area (TPSA) is 57.6 Å². The summed E-state index contributed by atoms with van der Waals surface area (Å²) in [5, 5.41) is 9.52. The maximum absolute atomic E-state index is 12.8. The number of hydrogen-bond donors (Lipinski definition) is 1. The molecule has 0 bridgehead atoms. The van der Waals surface area contributed by atoms with Crippen LogP contribution in [0.3, 0.4) is 0 Å². The third-order valence-electron chi connectivity index (χ3n) is 4.93. The first-order valence-electron chi connectivity index (χ1n) is 7.95. The number of carboxylic acid groups (broad SMARTS) is 1. The summed E-state index contributed by atoms with van der Waals surface area (Å²) in [5.74, 6) is 0.0637. The average Bonchev–Trinajstić information content (AvgIpc) is 2.91. The molecule has 1 aliphatic rings. The lowest BCUT2D eigenvalue weighted by molar-refractivity contribution is -0.137. The largest absolute Gasteiger partial charge is 0.465 e. The van der Waals surface area contributed by atoms with Gasteiger partial charge in [0.1, 0.15) is 0 Å². The third-order valence-corrected chi connectivity index (χ3v) is 6.47. The maximum atomic E-state index is 12.8. The number of hydrogen-bond acceptors (Lipinski definition) is 2. The summed E-state index contributed by atoms with van der Waals surface area (Å²) in [5.41, 5.74) is -2.07. The summed E-state index contributed by atoms with van der Waals surface area (Å²) in [6.45, 7) is 6.07. The van der Waals surface area contributed by atoms with Gasteiger partial charge in [-0.05, 0) is 42.5 Å². The number of benzene rings is 1. The van der Waals surface area contributed by atoms with E-state index < -0.39 is 39.6 Å². The van der Waals surface area contributed by atoms with Gasteiger partial charge in [-0.25, -0.2) is 4.79 Å². The highest BCUT2D eigenvalue weighted by Gasteiger charge is 2.52. The molecule has 1 heterocycles. The van der Waals surface area contributed by atoms with Crippen LogP contribution >= 0.6 is 0 Å². The highest BCUT2D eigenvalue weighted by Crippen LogP contribution is 2.45. The number of likely N-dealkylation sites (tertiary alicyclic amines) is 1. The fourth-order valence-corrected chi connectivity index (χ4v) is 5.17. The summed E-state index contributed by atoms with van der Waals surface area (Å²) in [6.07, 6.45) is -4.25. The van der Waals surface area contributed by atoms with Gasteiger partial charge in [-0.3, -0.25) is 4.21 Å². The van der Waals surface area contributed by atoms with Crippen molar-refractivity contribution in [3.8, 4) is 0 Å². The van der Waals surface area contributed by atoms with Crippen LogP contribution in [0.15, 0.2) is 29.2 Å². The van der Waals surface area contributed by atoms with E-state index in [1.165, 1.54) is 17.0 Å². The zero-order valence-electron chi connectivity index (χ0n) is 14.4. The molecule has 1 fully saturated rings. The van der Waals surface area contributed by atoms with Crippen LogP contribution in [-0.2, 0) is 17.0 Å². The number of carbonyl (C=O) groups is 1. The van der Waals surface area contributed by atoms with E-state index >= 15 is 0 Å². The molecule has 140 valence electrons. The van der Waals surface area contributed by atoms with Crippen molar-refractivity contribution in [2.45, 2.75) is 50.2 Å². The lowest BCUT2D eigenvalue weighted by Gasteiger charge is -2.46. The Bertz CT molecular complexity index is 667. The monoisotopic (exact) mass is 377 g/mol. The minimum Gasteiger partial charge on any atom is -0.465 e. The number of halogens is 3. The molecule has 8 heteroatoms. The molecule has 1 aromatic rings. The van der Waals surface area contributed by atoms with Gasteiger partial charge in [0.05, 0.1) is 27.7 Å². The predicted octanol–water partition coefficient (Wildman–Crippen LogP) is 4.37. The summed E-state index contributed by atoms with van der Waals surface area (Å²) in [4.78, 5) is 13.3. The molecule has 0 spiro atoms. The second-order valence-corrected chi connectivity index (χ2v) is 8.78. The van der Waals surface area contributed by atoms with Gasteiger partial charge in [-0.15, -0.1) is 0 Å². The Morgan fingerprint density at radius 1 is 1.24 bits per heavy atom. The van der Waals surface area contributed by atoms with Crippen LogP contribution in [-0.4, -0.2) is 38.1 Å². The maximum Gasteiger partial charge on any atom is 0.416 e. The molecule has 2 atom stereocenters. The molecule has 1 aromatic carbocycles. The summed E-state index contributed by atoms with van der Waals surface area (Å²) in [7, 11) is -1.60. The summed E-state index contributed by atoms with van der Waals surface area (Å²) in [6, 6.07) is 4.21. The van der Waals surface area contributed by atoms with Crippen LogP contribution in [0, 0.1) is 5.41 Å². The zero-order chi connectivity index (χ0) is 19.0. The van der Waals surface area contributed by atoms with Crippen molar-refractivity contribution in [2.75, 3.05) is 12.3 Å². The Morgan fingerprint density at radius 3 is 2.24 bits per heavy atom. The lowest BCUT2D eigenvalue weighted by Crippen LogP contribution is -2.58. The lowest BCUT2D eigenvalue weighted by atomic mass is 9.73. The first-order valence-corrected chi connectivity index (χ1v) is 9.26. The van der Waals surface area contributed by atoms with E-state index in [9.17, 15) is 27.3 Å². The Kier molecular flexibility index (Phi) is 5.23. The van der Waals surface area contributed by atoms with Crippen LogP contribution in [0.4, 0.5) is 18.0 Å². The molecule has 1 unspecified atom stereocenters. The Balaban J connectivity index is 2.31. The standard InChI is InChI=1S/C17H22F3NO3S/c1-15(2,3)16(9-4-10-21(16)14(22)23)11-25(24)13-7-5-12(6-8-13)17(18,19)20/h5-8H,4,9-11H2,1-3H3,(H,22,23)/t16-,25?/m1/s1. The van der Waals surface area contributed by atoms with E-state index in [1.54, 1.807) is 0 Å². The van der Waals surface area contributed by atoms with E-state index in [2.05, 4.69) is 0 Å². The van der Waals surface area contributed by atoms with Gasteiger partial charge in [0.25, 0.3) is 0 Å². The molecule has 0 aromatic heterocycles. The van der Waals surface area contributed by atoms with Crippen LogP contribution in [0.5, 0.6) is 0 Å². The van der Waals surface area contributed by atoms with Crippen molar-refractivity contribution in [1.82, 2.24) is 4.90 Å². The quantitative estimate of drug-likeness (QED) is 0.851. The molecule has 2 rings (SSSR count). The van der Waals surface area contributed by atoms with Gasteiger partial charge in [0.15, 0.2) is 0 Å². The van der Waals surface area contributed by atoms with Gasteiger partial charge >= 0.3 is 12.3 Å². The van der Waals surface area contributed by atoms with E-state index in [0.29, 0.717) is 19.4 Å². The average molecular weight is 377 g/mol. The molecule has 1 aliphatic heterocycles. The van der Waals surface area contributed by atoms with Crippen molar-refractivity contribution in [3.05, 3.63) is 29.8 Å². The third kappa shape index (κ3) is 3.83. The summed E-state index contributed by atoms with van der Waals surface area (Å²) >= 11 is 0. The van der Waals surface area contributed by atoms with E-state index in [1.807, 2.05) is 20.8 Å². The van der Waals surface area contributed by atoms with Gasteiger partial charge in [-0.1, -0.05) is 20.8 Å². The highest BCUT2D eigenvalue weighted by molar-refractivity contribution is 7.85. The molecule has 0 aliphatic carbocycles. The Morgan fingerprint density at radius 2 is 1.80 bits per heavy atom. The Labute approximate surface area is 147 Å². The predicted molar refractivity (Wildman–Crippen MR) is 88.9 cm³/mol. The van der Waals surface area contributed by atoms with Crippen molar-refractivity contribution in [1.29, 1.82) is 0 Å². The molecule has 1 amide bonds. The van der Waals surface area contributed by atoms with Crippen molar-refractivity contribution in [3.63, 3.8) is 0 Å². The molecule has 1 saturated heterocycles. The fourth-order valence-electron chi connectivity index (χ4n) is 3.40. The van der Waals surface area contributed by atoms with Crippen LogP contribution in [0.25, 0.3) is 0 Å². The smallest absolute Gasteiger partial charge is 0.416 e. The number of alkyl halides is 3. The van der Waals surface area contributed by atoms with Gasteiger partial charge in [-0.2, -0.15) is 13.2 Å². The molecular weight excluding hydrogens is 355 g/mol. The highest BCUT2D eigenvalue weighted by atomic mass is 32.2. The molecule has 1 N–H and O–H groups in total. The van der Waals surface area contributed by atoms with Crippen molar-refractivity contribution >= 4 is 16.9 Å². The van der Waals surface area contributed by atoms with Crippen LogP contribution in [0.1, 0.15) is 39.2 Å². The SMILES string of the molecule is CC(C)(C)[C@]1(CS(=O)c2ccc(C(F)(F)F)cc2)CCCN1C(=O)O. The van der Waals surface area contributed by atoms with E-state index in [-0.39, 0.29) is 10.6 Å². The molecule has 4 nitrogen and oxygen atoms in total. The minimum absolute atomic E-state index is 0.0637. The van der Waals surface area contributed by atoms with Gasteiger partial charge in [0, 0.05) is 11.4 Å². The molecule has 0 saturated carbocycles. The second-order valence-electron chi connectivity index (χ2n) is 7.33. The molecule has 25 heavy (non-hydrogen) atoms. The second kappa shape index (κ2) is 6.63. The number of amides is 1. The van der Waals surface area contributed by atoms with Crippen molar-refractivity contribution < 1.29 is 27.3 Å². The number of rotatable bonds is 3. The molecule has 0 radical (unpaired) electrons. The normalized spacial score (nSPS) is 22.9. The van der Waals surface area contributed by atoms with Gasteiger partial charge < -0.3 is 10.0 Å². The minimum atomic E-state index is -4.45. The zero-order valence-corrected chi connectivity index (χ0v) is 15.2. The van der Waals surface area contributed by atoms with Crippen LogP contribution in [0.2, 0.25) is 0 Å². The van der Waals surface area contributed by atoms with Crippen molar-refractivity contribution in [2.24, 2.45) is 5.41 Å². The van der Waals surface area contributed by atoms with E-state index in [4.69, 9.17) is 0 Å². The number of nitrogens with zero attached hydrogens (tertiary/aromatic N) is 1. The first kappa shape index (κ1) is 19.8. The first-order chi connectivity index (χ1) is 11.4. The molecular formula is C17H22F3NO3S. The summed E-state index contributed by atoms with van der Waals surface area (Å²) < 4.78 is 50.8. The Hall–Kier alpha value is -1.57. The fraction of sp³-hybridized carbons (Fsp3) is 0.588. The van der Waals surface area contributed by atoms with Gasteiger partial charge in [0.2, 0.25) is 0 Å². The van der Waals surface area contributed by atoms with Crippen LogP contribution < -0.4 is 0 Å². The van der Waals surface area contributed by atoms with E-state index in [0.717, 1.165) is 12.1 Å².